The first-order valence-corrected chi connectivity index (χ1v) is 7.12. The van der Waals surface area contributed by atoms with Crippen LogP contribution >= 0.6 is 0 Å². The fourth-order valence-corrected chi connectivity index (χ4v) is 2.16. The Bertz CT molecular complexity index is 544. The standard InChI is InChI=1S/C15H24N4/c1-6-11(4)12(5)18-14-7-13-8-17-19(10(2)3)15(13)16-9-14/h7-12,18H,6H2,1-5H3. The number of nitrogens with zero attached hydrogens (tertiary/aromatic N) is 3. The van der Waals surface area contributed by atoms with Crippen LogP contribution in [0.25, 0.3) is 11.0 Å². The van der Waals surface area contributed by atoms with Gasteiger partial charge in [-0.05, 0) is 32.8 Å². The summed E-state index contributed by atoms with van der Waals surface area (Å²) >= 11 is 0. The lowest BCUT2D eigenvalue weighted by Crippen LogP contribution is -2.23. The Balaban J connectivity index is 2.23. The summed E-state index contributed by atoms with van der Waals surface area (Å²) in [6.45, 7) is 10.9. The molecule has 0 saturated heterocycles. The van der Waals surface area contributed by atoms with Crippen LogP contribution in [0.1, 0.15) is 47.1 Å². The number of pyridine rings is 1. The van der Waals surface area contributed by atoms with Gasteiger partial charge < -0.3 is 5.32 Å². The van der Waals surface area contributed by atoms with Gasteiger partial charge in [-0.2, -0.15) is 5.10 Å². The minimum absolute atomic E-state index is 0.336. The highest BCUT2D eigenvalue weighted by Crippen LogP contribution is 2.21. The largest absolute Gasteiger partial charge is 0.381 e. The lowest BCUT2D eigenvalue weighted by Gasteiger charge is -2.20. The highest BCUT2D eigenvalue weighted by atomic mass is 15.3. The second-order valence-corrected chi connectivity index (χ2v) is 5.64. The first-order valence-electron chi connectivity index (χ1n) is 7.12. The van der Waals surface area contributed by atoms with Crippen LogP contribution in [0.4, 0.5) is 5.69 Å². The van der Waals surface area contributed by atoms with Gasteiger partial charge in [-0.15, -0.1) is 0 Å². The molecule has 0 aliphatic carbocycles. The van der Waals surface area contributed by atoms with Crippen molar-refractivity contribution < 1.29 is 0 Å². The number of nitrogens with one attached hydrogen (secondary N) is 1. The molecule has 2 aromatic rings. The van der Waals surface area contributed by atoms with Crippen LogP contribution < -0.4 is 5.32 Å². The molecular formula is C15H24N4. The minimum atomic E-state index is 0.336. The van der Waals surface area contributed by atoms with E-state index in [1.807, 2.05) is 17.1 Å². The number of hydrogen-bond donors (Lipinski definition) is 1. The number of aromatic nitrogens is 3. The first kappa shape index (κ1) is 13.8. The predicted octanol–water partition coefficient (Wildman–Crippen LogP) is 3.86. The highest BCUT2D eigenvalue weighted by molar-refractivity contribution is 5.78. The highest BCUT2D eigenvalue weighted by Gasteiger charge is 2.12. The maximum absolute atomic E-state index is 4.54. The van der Waals surface area contributed by atoms with E-state index in [-0.39, 0.29) is 0 Å². The van der Waals surface area contributed by atoms with Crippen molar-refractivity contribution in [1.29, 1.82) is 0 Å². The molecule has 0 radical (unpaired) electrons. The van der Waals surface area contributed by atoms with Gasteiger partial charge >= 0.3 is 0 Å². The van der Waals surface area contributed by atoms with Gasteiger partial charge in [0.05, 0.1) is 18.1 Å². The lowest BCUT2D eigenvalue weighted by atomic mass is 10.0. The Hall–Kier alpha value is -1.58. The third kappa shape index (κ3) is 2.88. The molecule has 0 saturated carbocycles. The molecule has 0 amide bonds. The van der Waals surface area contributed by atoms with Crippen LogP contribution in [0, 0.1) is 5.92 Å². The van der Waals surface area contributed by atoms with Gasteiger partial charge in [0, 0.05) is 17.5 Å². The molecule has 0 aromatic carbocycles. The first-order chi connectivity index (χ1) is 9.02. The summed E-state index contributed by atoms with van der Waals surface area (Å²) in [6, 6.07) is 2.92. The smallest absolute Gasteiger partial charge is 0.158 e. The van der Waals surface area contributed by atoms with E-state index in [4.69, 9.17) is 0 Å². The van der Waals surface area contributed by atoms with E-state index in [1.54, 1.807) is 0 Å². The van der Waals surface area contributed by atoms with E-state index in [2.05, 4.69) is 56.1 Å². The SMILES string of the molecule is CCC(C)C(C)Nc1cnc2c(cnn2C(C)C)c1. The molecule has 2 heterocycles. The summed E-state index contributed by atoms with van der Waals surface area (Å²) in [5, 5.41) is 9.01. The molecule has 4 heteroatoms. The van der Waals surface area contributed by atoms with Crippen molar-refractivity contribution in [3.63, 3.8) is 0 Å². The van der Waals surface area contributed by atoms with Crippen molar-refractivity contribution in [2.45, 2.75) is 53.1 Å². The zero-order valence-electron chi connectivity index (χ0n) is 12.5. The van der Waals surface area contributed by atoms with Crippen LogP contribution in [0.5, 0.6) is 0 Å². The van der Waals surface area contributed by atoms with Crippen molar-refractivity contribution in [2.75, 3.05) is 5.32 Å². The van der Waals surface area contributed by atoms with E-state index >= 15 is 0 Å². The van der Waals surface area contributed by atoms with E-state index in [1.165, 1.54) is 6.42 Å². The third-order valence-corrected chi connectivity index (χ3v) is 3.81. The fraction of sp³-hybridized carbons (Fsp3) is 0.600. The summed E-state index contributed by atoms with van der Waals surface area (Å²) in [4.78, 5) is 4.54. The van der Waals surface area contributed by atoms with Gasteiger partial charge in [0.25, 0.3) is 0 Å². The van der Waals surface area contributed by atoms with Crippen molar-refractivity contribution in [2.24, 2.45) is 5.92 Å². The van der Waals surface area contributed by atoms with Crippen LogP contribution in [-0.2, 0) is 0 Å². The molecule has 4 nitrogen and oxygen atoms in total. The fourth-order valence-electron chi connectivity index (χ4n) is 2.16. The summed E-state index contributed by atoms with van der Waals surface area (Å²) in [6.07, 6.45) is 4.97. The normalized spacial score (nSPS) is 14.8. The van der Waals surface area contributed by atoms with Gasteiger partial charge in [-0.25, -0.2) is 9.67 Å². The Kier molecular flexibility index (Phi) is 4.08. The summed E-state index contributed by atoms with van der Waals surface area (Å²) in [5.41, 5.74) is 2.03. The zero-order valence-corrected chi connectivity index (χ0v) is 12.5. The topological polar surface area (TPSA) is 42.7 Å². The molecular weight excluding hydrogens is 236 g/mol. The van der Waals surface area contributed by atoms with E-state index in [0.717, 1.165) is 16.7 Å². The third-order valence-electron chi connectivity index (χ3n) is 3.81. The quantitative estimate of drug-likeness (QED) is 0.887. The number of rotatable bonds is 5. The molecule has 1 N–H and O–H groups in total. The van der Waals surface area contributed by atoms with Crippen LogP contribution in [0.3, 0.4) is 0 Å². The van der Waals surface area contributed by atoms with Gasteiger partial charge in [0.15, 0.2) is 5.65 Å². The Labute approximate surface area is 115 Å². The monoisotopic (exact) mass is 260 g/mol. The van der Waals surface area contributed by atoms with Gasteiger partial charge in [0.1, 0.15) is 0 Å². The molecule has 2 rings (SSSR count). The average Bonchev–Trinajstić information content (AvgIpc) is 2.80. The van der Waals surface area contributed by atoms with Crippen molar-refractivity contribution >= 4 is 16.7 Å². The number of hydrogen-bond acceptors (Lipinski definition) is 3. The maximum Gasteiger partial charge on any atom is 0.158 e. The van der Waals surface area contributed by atoms with Crippen molar-refractivity contribution in [1.82, 2.24) is 14.8 Å². The second-order valence-electron chi connectivity index (χ2n) is 5.64. The molecule has 104 valence electrons. The summed E-state index contributed by atoms with van der Waals surface area (Å²) < 4.78 is 1.96. The van der Waals surface area contributed by atoms with Gasteiger partial charge in [-0.3, -0.25) is 0 Å². The molecule has 19 heavy (non-hydrogen) atoms. The number of fused-ring (bicyclic) bond motifs is 1. The molecule has 0 aliphatic heterocycles. The Morgan fingerprint density at radius 1 is 1.21 bits per heavy atom. The average molecular weight is 260 g/mol. The van der Waals surface area contributed by atoms with E-state index in [9.17, 15) is 0 Å². The van der Waals surface area contributed by atoms with Gasteiger partial charge in [-0.1, -0.05) is 20.3 Å². The number of anilines is 1. The summed E-state index contributed by atoms with van der Waals surface area (Å²) in [5.74, 6) is 0.647. The van der Waals surface area contributed by atoms with Crippen molar-refractivity contribution in [3.8, 4) is 0 Å². The maximum atomic E-state index is 4.54. The van der Waals surface area contributed by atoms with Crippen LogP contribution in [-0.4, -0.2) is 20.8 Å². The Morgan fingerprint density at radius 3 is 2.58 bits per heavy atom. The molecule has 0 aliphatic rings. The zero-order chi connectivity index (χ0) is 14.0. The second kappa shape index (κ2) is 5.59. The molecule has 0 spiro atoms. The summed E-state index contributed by atoms with van der Waals surface area (Å²) in [7, 11) is 0. The van der Waals surface area contributed by atoms with E-state index < -0.39 is 0 Å². The van der Waals surface area contributed by atoms with Gasteiger partial charge in [0.2, 0.25) is 0 Å². The molecule has 0 fully saturated rings. The molecule has 2 unspecified atom stereocenters. The molecule has 2 atom stereocenters. The minimum Gasteiger partial charge on any atom is -0.381 e. The predicted molar refractivity (Wildman–Crippen MR) is 80.5 cm³/mol. The molecule has 0 bridgehead atoms. The lowest BCUT2D eigenvalue weighted by molar-refractivity contribution is 0.494. The van der Waals surface area contributed by atoms with Crippen LogP contribution in [0.15, 0.2) is 18.5 Å². The van der Waals surface area contributed by atoms with Crippen molar-refractivity contribution in [3.05, 3.63) is 18.5 Å². The molecule has 2 aromatic heterocycles. The van der Waals surface area contributed by atoms with E-state index in [0.29, 0.717) is 18.0 Å². The Morgan fingerprint density at radius 2 is 1.95 bits per heavy atom. The van der Waals surface area contributed by atoms with Crippen LogP contribution in [0.2, 0.25) is 0 Å².